The molecule has 0 amide bonds. The van der Waals surface area contributed by atoms with Crippen LogP contribution in [0.3, 0.4) is 0 Å². The highest BCUT2D eigenvalue weighted by Crippen LogP contribution is 2.22. The van der Waals surface area contributed by atoms with Crippen LogP contribution in [0, 0.1) is 5.92 Å². The summed E-state index contributed by atoms with van der Waals surface area (Å²) >= 11 is 0. The smallest absolute Gasteiger partial charge is 0.240 e. The first-order chi connectivity index (χ1) is 13.4. The monoisotopic (exact) mass is 400 g/mol. The average Bonchev–Trinajstić information content (AvgIpc) is 2.70. The summed E-state index contributed by atoms with van der Waals surface area (Å²) < 4.78 is 27.5. The molecule has 1 saturated heterocycles. The molecule has 0 atom stereocenters. The van der Waals surface area contributed by atoms with Crippen LogP contribution in [0.25, 0.3) is 0 Å². The van der Waals surface area contributed by atoms with E-state index < -0.39 is 10.0 Å². The molecule has 0 unspecified atom stereocenters. The largest absolute Gasteiger partial charge is 0.299 e. The maximum atomic E-state index is 12.4. The molecule has 2 aromatic carbocycles. The molecule has 0 bridgehead atoms. The summed E-state index contributed by atoms with van der Waals surface area (Å²) in [5, 5.41) is 0. The van der Waals surface area contributed by atoms with Crippen molar-refractivity contribution in [1.82, 2.24) is 9.62 Å². The van der Waals surface area contributed by atoms with E-state index >= 15 is 0 Å². The normalized spacial score (nSPS) is 16.2. The Bertz CT molecular complexity index is 872. The molecule has 0 aromatic heterocycles. The molecule has 0 radical (unpaired) electrons. The minimum Gasteiger partial charge on any atom is -0.299 e. The molecule has 1 aliphatic heterocycles. The van der Waals surface area contributed by atoms with Crippen LogP contribution in [0.5, 0.6) is 0 Å². The van der Waals surface area contributed by atoms with E-state index in [-0.39, 0.29) is 10.7 Å². The summed E-state index contributed by atoms with van der Waals surface area (Å²) in [5.41, 5.74) is 1.85. The van der Waals surface area contributed by atoms with E-state index in [9.17, 15) is 13.2 Å². The standard InChI is InChI=1S/C22H28N2O3S/c1-18(25)21-7-9-22(10-8-21)28(26,27)23-14-11-19-12-15-24(16-13-19)17-20-5-3-2-4-6-20/h2-10,19,23H,11-17H2,1H3. The van der Waals surface area contributed by atoms with E-state index in [1.54, 1.807) is 12.1 Å². The van der Waals surface area contributed by atoms with Crippen molar-refractivity contribution in [3.8, 4) is 0 Å². The number of rotatable bonds is 8. The van der Waals surface area contributed by atoms with Crippen molar-refractivity contribution in [2.24, 2.45) is 5.92 Å². The van der Waals surface area contributed by atoms with Gasteiger partial charge < -0.3 is 0 Å². The van der Waals surface area contributed by atoms with E-state index in [1.807, 2.05) is 6.07 Å². The molecular weight excluding hydrogens is 372 g/mol. The summed E-state index contributed by atoms with van der Waals surface area (Å²) in [6, 6.07) is 16.6. The van der Waals surface area contributed by atoms with E-state index in [4.69, 9.17) is 0 Å². The second kappa shape index (κ2) is 9.45. The van der Waals surface area contributed by atoms with Crippen LogP contribution in [0.2, 0.25) is 0 Å². The average molecular weight is 401 g/mol. The Kier molecular flexibility index (Phi) is 6.99. The first-order valence-electron chi connectivity index (χ1n) is 9.81. The van der Waals surface area contributed by atoms with Gasteiger partial charge in [0.2, 0.25) is 10.0 Å². The zero-order valence-electron chi connectivity index (χ0n) is 16.3. The quantitative estimate of drug-likeness (QED) is 0.689. The van der Waals surface area contributed by atoms with Gasteiger partial charge in [0, 0.05) is 18.7 Å². The van der Waals surface area contributed by atoms with Crippen molar-refractivity contribution in [1.29, 1.82) is 0 Å². The highest BCUT2D eigenvalue weighted by atomic mass is 32.2. The van der Waals surface area contributed by atoms with E-state index in [0.717, 1.165) is 38.9 Å². The number of carbonyl (C=O) groups excluding carboxylic acids is 1. The predicted octanol–water partition coefficient (Wildman–Crippen LogP) is 3.47. The summed E-state index contributed by atoms with van der Waals surface area (Å²) in [4.78, 5) is 14.0. The van der Waals surface area contributed by atoms with Crippen LogP contribution in [0.15, 0.2) is 59.5 Å². The number of likely N-dealkylation sites (tertiary alicyclic amines) is 1. The van der Waals surface area contributed by atoms with Gasteiger partial charge in [0.15, 0.2) is 5.78 Å². The number of benzene rings is 2. The molecule has 1 heterocycles. The Balaban J connectivity index is 1.42. The Hall–Kier alpha value is -2.02. The van der Waals surface area contributed by atoms with Gasteiger partial charge in [-0.25, -0.2) is 13.1 Å². The predicted molar refractivity (Wildman–Crippen MR) is 111 cm³/mol. The Morgan fingerprint density at radius 3 is 2.29 bits per heavy atom. The number of carbonyl (C=O) groups is 1. The molecule has 28 heavy (non-hydrogen) atoms. The topological polar surface area (TPSA) is 66.5 Å². The fourth-order valence-corrected chi connectivity index (χ4v) is 4.67. The number of nitrogens with one attached hydrogen (secondary N) is 1. The van der Waals surface area contributed by atoms with Gasteiger partial charge in [0.25, 0.3) is 0 Å². The van der Waals surface area contributed by atoms with Crippen LogP contribution in [0.1, 0.15) is 42.1 Å². The third-order valence-electron chi connectivity index (χ3n) is 5.37. The maximum absolute atomic E-state index is 12.4. The van der Waals surface area contributed by atoms with Crippen molar-refractivity contribution in [2.45, 2.75) is 37.6 Å². The molecule has 150 valence electrons. The summed E-state index contributed by atoms with van der Waals surface area (Å²) in [5.74, 6) is 0.477. The Labute approximate surface area is 167 Å². The first kappa shape index (κ1) is 20.7. The van der Waals surface area contributed by atoms with Gasteiger partial charge in [0.05, 0.1) is 4.90 Å². The van der Waals surface area contributed by atoms with Crippen LogP contribution in [-0.4, -0.2) is 38.7 Å². The van der Waals surface area contributed by atoms with Crippen LogP contribution in [0.4, 0.5) is 0 Å². The molecule has 1 N–H and O–H groups in total. The first-order valence-corrected chi connectivity index (χ1v) is 11.3. The molecule has 2 aromatic rings. The summed E-state index contributed by atoms with van der Waals surface area (Å²) in [6.45, 7) is 5.00. The Morgan fingerprint density at radius 1 is 1.04 bits per heavy atom. The highest BCUT2D eigenvalue weighted by Gasteiger charge is 2.20. The molecule has 0 aliphatic carbocycles. The molecule has 1 fully saturated rings. The van der Waals surface area contributed by atoms with Gasteiger partial charge in [-0.3, -0.25) is 9.69 Å². The van der Waals surface area contributed by atoms with Crippen molar-refractivity contribution in [3.05, 3.63) is 65.7 Å². The van der Waals surface area contributed by atoms with Gasteiger partial charge in [-0.1, -0.05) is 42.5 Å². The van der Waals surface area contributed by atoms with Gasteiger partial charge in [-0.2, -0.15) is 0 Å². The fraction of sp³-hybridized carbons (Fsp3) is 0.409. The lowest BCUT2D eigenvalue weighted by molar-refractivity contribution is 0.101. The number of nitrogens with zero attached hydrogens (tertiary/aromatic N) is 1. The number of sulfonamides is 1. The van der Waals surface area contributed by atoms with E-state index in [1.165, 1.54) is 24.6 Å². The SMILES string of the molecule is CC(=O)c1ccc(S(=O)(=O)NCCC2CCN(Cc3ccccc3)CC2)cc1. The van der Waals surface area contributed by atoms with E-state index in [2.05, 4.69) is 33.9 Å². The van der Waals surface area contributed by atoms with Gasteiger partial charge in [-0.05, 0) is 62.9 Å². The summed E-state index contributed by atoms with van der Waals surface area (Å²) in [7, 11) is -3.53. The van der Waals surface area contributed by atoms with Crippen LogP contribution >= 0.6 is 0 Å². The van der Waals surface area contributed by atoms with Gasteiger partial charge in [0.1, 0.15) is 0 Å². The van der Waals surface area contributed by atoms with Crippen LogP contribution < -0.4 is 4.72 Å². The number of hydrogen-bond donors (Lipinski definition) is 1. The number of hydrogen-bond acceptors (Lipinski definition) is 4. The maximum Gasteiger partial charge on any atom is 0.240 e. The lowest BCUT2D eigenvalue weighted by atomic mass is 9.93. The highest BCUT2D eigenvalue weighted by molar-refractivity contribution is 7.89. The zero-order chi connectivity index (χ0) is 20.0. The molecule has 6 heteroatoms. The minimum atomic E-state index is -3.53. The van der Waals surface area contributed by atoms with Crippen molar-refractivity contribution >= 4 is 15.8 Å². The third-order valence-corrected chi connectivity index (χ3v) is 6.85. The number of piperidine rings is 1. The van der Waals surface area contributed by atoms with Gasteiger partial charge in [-0.15, -0.1) is 0 Å². The number of ketones is 1. The van der Waals surface area contributed by atoms with Crippen molar-refractivity contribution in [2.75, 3.05) is 19.6 Å². The molecule has 0 saturated carbocycles. The molecule has 5 nitrogen and oxygen atoms in total. The minimum absolute atomic E-state index is 0.0736. The lowest BCUT2D eigenvalue weighted by Gasteiger charge is -2.32. The fourth-order valence-electron chi connectivity index (χ4n) is 3.62. The second-order valence-corrected chi connectivity index (χ2v) is 9.24. The van der Waals surface area contributed by atoms with Crippen molar-refractivity contribution in [3.63, 3.8) is 0 Å². The number of Topliss-reactive ketones (excluding diaryl/α,β-unsaturated/α-hetero) is 1. The second-order valence-electron chi connectivity index (χ2n) is 7.47. The van der Waals surface area contributed by atoms with E-state index in [0.29, 0.717) is 18.0 Å². The lowest BCUT2D eigenvalue weighted by Crippen LogP contribution is -2.34. The summed E-state index contributed by atoms with van der Waals surface area (Å²) in [6.07, 6.45) is 3.05. The van der Waals surface area contributed by atoms with Crippen LogP contribution in [-0.2, 0) is 16.6 Å². The molecule has 1 aliphatic rings. The molecule has 0 spiro atoms. The Morgan fingerprint density at radius 2 is 1.68 bits per heavy atom. The molecule has 3 rings (SSSR count). The van der Waals surface area contributed by atoms with Crippen molar-refractivity contribution < 1.29 is 13.2 Å². The third kappa shape index (κ3) is 5.74. The zero-order valence-corrected chi connectivity index (χ0v) is 17.1. The molecular formula is C22H28N2O3S. The van der Waals surface area contributed by atoms with Gasteiger partial charge >= 0.3 is 0 Å².